The van der Waals surface area contributed by atoms with Crippen LogP contribution in [-0.4, -0.2) is 48.6 Å². The largest absolute Gasteiger partial charge is 0.474 e. The second-order valence-corrected chi connectivity index (χ2v) is 6.45. The molecule has 1 aliphatic rings. The molecule has 0 atom stereocenters. The Bertz CT molecular complexity index is 588. The highest BCUT2D eigenvalue weighted by Gasteiger charge is 2.25. The summed E-state index contributed by atoms with van der Waals surface area (Å²) in [5.74, 6) is 0.596. The Balaban J connectivity index is 1.97. The number of hydrogen-bond acceptors (Lipinski definition) is 4. The molecule has 1 saturated carbocycles. The van der Waals surface area contributed by atoms with Crippen LogP contribution in [0, 0.1) is 13.8 Å². The van der Waals surface area contributed by atoms with Crippen molar-refractivity contribution in [3.63, 3.8) is 0 Å². The summed E-state index contributed by atoms with van der Waals surface area (Å²) in [6.07, 6.45) is 3.95. The molecule has 0 aromatic carbocycles. The highest BCUT2D eigenvalue weighted by molar-refractivity contribution is 5.62. The molecule has 0 N–H and O–H groups in total. The van der Waals surface area contributed by atoms with Crippen molar-refractivity contribution in [3.8, 4) is 5.88 Å². The number of aliphatic imine (C=N–C) groups is 1. The number of pyridine rings is 1. The van der Waals surface area contributed by atoms with E-state index < -0.39 is 6.61 Å². The molecule has 1 fully saturated rings. The molecule has 0 unspecified atom stereocenters. The van der Waals surface area contributed by atoms with E-state index in [1.807, 2.05) is 31.9 Å². The van der Waals surface area contributed by atoms with Gasteiger partial charge in [0, 0.05) is 19.2 Å². The molecule has 0 amide bonds. The molecule has 7 heteroatoms. The average Bonchev–Trinajstić information content (AvgIpc) is 2.57. The molecule has 1 heterocycles. The molecule has 140 valence electrons. The number of nitrogens with zero attached hydrogens (tertiary/aromatic N) is 3. The zero-order chi connectivity index (χ0) is 18.4. The molecule has 1 aliphatic carbocycles. The van der Waals surface area contributed by atoms with Crippen molar-refractivity contribution in [3.05, 3.63) is 17.3 Å². The lowest BCUT2D eigenvalue weighted by Crippen LogP contribution is -2.29. The van der Waals surface area contributed by atoms with Gasteiger partial charge in [-0.15, -0.1) is 0 Å². The molecule has 5 nitrogen and oxygen atoms in total. The molecule has 0 aliphatic heterocycles. The van der Waals surface area contributed by atoms with Gasteiger partial charge in [-0.3, -0.25) is 0 Å². The molecule has 2 rings (SSSR count). The summed E-state index contributed by atoms with van der Waals surface area (Å²) in [6, 6.07) is 1.96. The minimum absolute atomic E-state index is 0.0105. The topological polar surface area (TPSA) is 47.0 Å². The van der Waals surface area contributed by atoms with E-state index in [9.17, 15) is 8.78 Å². The van der Waals surface area contributed by atoms with E-state index in [0.717, 1.165) is 23.5 Å². The maximum atomic E-state index is 12.3. The van der Waals surface area contributed by atoms with Crippen molar-refractivity contribution in [1.82, 2.24) is 9.88 Å². The third-order valence-electron chi connectivity index (χ3n) is 4.42. The maximum absolute atomic E-state index is 12.3. The van der Waals surface area contributed by atoms with Crippen molar-refractivity contribution in [2.75, 3.05) is 13.6 Å². The first-order valence-electron chi connectivity index (χ1n) is 8.72. The third kappa shape index (κ3) is 5.92. The number of rotatable bonds is 7. The predicted molar refractivity (Wildman–Crippen MR) is 93.9 cm³/mol. The summed E-state index contributed by atoms with van der Waals surface area (Å²) in [4.78, 5) is 11.0. The van der Waals surface area contributed by atoms with E-state index in [-0.39, 0.29) is 12.2 Å². The van der Waals surface area contributed by atoms with Crippen molar-refractivity contribution in [2.45, 2.75) is 65.3 Å². The lowest BCUT2D eigenvalue weighted by Gasteiger charge is -2.28. The molecular formula is C18H27F2N3O2. The average molecular weight is 355 g/mol. The van der Waals surface area contributed by atoms with E-state index in [4.69, 9.17) is 4.74 Å². The van der Waals surface area contributed by atoms with Gasteiger partial charge in [0.1, 0.15) is 6.10 Å². The van der Waals surface area contributed by atoms with E-state index in [1.165, 1.54) is 0 Å². The van der Waals surface area contributed by atoms with Gasteiger partial charge < -0.3 is 14.4 Å². The van der Waals surface area contributed by atoms with Crippen LogP contribution in [-0.2, 0) is 4.74 Å². The molecule has 0 spiro atoms. The number of alkyl halides is 2. The van der Waals surface area contributed by atoms with Crippen LogP contribution < -0.4 is 4.74 Å². The van der Waals surface area contributed by atoms with Gasteiger partial charge in [0.25, 0.3) is 0 Å². The van der Waals surface area contributed by atoms with Gasteiger partial charge in [-0.2, -0.15) is 8.78 Å². The highest BCUT2D eigenvalue weighted by atomic mass is 19.3. The van der Waals surface area contributed by atoms with E-state index >= 15 is 0 Å². The first-order chi connectivity index (χ1) is 11.9. The molecule has 0 bridgehead atoms. The highest BCUT2D eigenvalue weighted by Crippen LogP contribution is 2.29. The molecule has 1 aromatic rings. The zero-order valence-electron chi connectivity index (χ0n) is 15.3. The van der Waals surface area contributed by atoms with Gasteiger partial charge in [-0.05, 0) is 52.5 Å². The number of halogens is 2. The Kier molecular flexibility index (Phi) is 7.11. The van der Waals surface area contributed by atoms with Crippen molar-refractivity contribution in [2.24, 2.45) is 4.99 Å². The van der Waals surface area contributed by atoms with E-state index in [1.54, 1.807) is 6.34 Å². The zero-order valence-corrected chi connectivity index (χ0v) is 15.3. The Morgan fingerprint density at radius 1 is 1.28 bits per heavy atom. The fourth-order valence-electron chi connectivity index (χ4n) is 2.75. The Morgan fingerprint density at radius 2 is 1.92 bits per heavy atom. The lowest BCUT2D eigenvalue weighted by atomic mass is 9.95. The summed E-state index contributed by atoms with van der Waals surface area (Å²) in [6.45, 7) is 4.08. The Morgan fingerprint density at radius 3 is 2.52 bits per heavy atom. The van der Waals surface area contributed by atoms with Crippen LogP contribution >= 0.6 is 0 Å². The van der Waals surface area contributed by atoms with Gasteiger partial charge in [0.05, 0.1) is 23.8 Å². The van der Waals surface area contributed by atoms with Gasteiger partial charge in [0.15, 0.2) is 0 Å². The molecule has 25 heavy (non-hydrogen) atoms. The second-order valence-electron chi connectivity index (χ2n) is 6.45. The Hall–Kier alpha value is -1.76. The quantitative estimate of drug-likeness (QED) is 0.542. The Labute approximate surface area is 148 Å². The molecular weight excluding hydrogens is 328 g/mol. The summed E-state index contributed by atoms with van der Waals surface area (Å²) in [5.41, 5.74) is 2.54. The van der Waals surface area contributed by atoms with Crippen molar-refractivity contribution in [1.29, 1.82) is 0 Å². The predicted octanol–water partition coefficient (Wildman–Crippen LogP) is 4.24. The van der Waals surface area contributed by atoms with Crippen LogP contribution in [0.25, 0.3) is 0 Å². The van der Waals surface area contributed by atoms with Crippen LogP contribution in [0.5, 0.6) is 5.88 Å². The summed E-state index contributed by atoms with van der Waals surface area (Å²) >= 11 is 0. The van der Waals surface area contributed by atoms with Crippen molar-refractivity contribution < 1.29 is 18.3 Å². The minimum atomic E-state index is -2.70. The first kappa shape index (κ1) is 19.6. The maximum Gasteiger partial charge on any atom is 0.345 e. The van der Waals surface area contributed by atoms with Gasteiger partial charge >= 0.3 is 6.61 Å². The summed E-state index contributed by atoms with van der Waals surface area (Å²) in [5, 5.41) is 0. The first-order valence-corrected chi connectivity index (χ1v) is 8.72. The van der Waals surface area contributed by atoms with Crippen LogP contribution in [0.4, 0.5) is 14.5 Å². The van der Waals surface area contributed by atoms with Gasteiger partial charge in [-0.25, -0.2) is 9.98 Å². The summed E-state index contributed by atoms with van der Waals surface area (Å²) in [7, 11) is 1.96. The second kappa shape index (κ2) is 9.08. The molecule has 0 radical (unpaired) electrons. The van der Waals surface area contributed by atoms with Gasteiger partial charge in [0.2, 0.25) is 5.88 Å². The number of aromatic nitrogens is 1. The fraction of sp³-hybridized carbons (Fsp3) is 0.667. The fourth-order valence-corrected chi connectivity index (χ4v) is 2.75. The van der Waals surface area contributed by atoms with Crippen LogP contribution in [0.3, 0.4) is 0 Å². The van der Waals surface area contributed by atoms with E-state index in [0.29, 0.717) is 31.6 Å². The molecule has 0 saturated heterocycles. The normalized spacial score (nSPS) is 21.1. The lowest BCUT2D eigenvalue weighted by molar-refractivity contribution is -0.173. The van der Waals surface area contributed by atoms with Gasteiger partial charge in [-0.1, -0.05) is 0 Å². The SMILES string of the molecule is CCN(C)C=Nc1cc(C)c(OC2CCC(OC(F)F)CC2)nc1C. The van der Waals surface area contributed by atoms with Crippen LogP contribution in [0.2, 0.25) is 0 Å². The summed E-state index contributed by atoms with van der Waals surface area (Å²) < 4.78 is 35.1. The number of ether oxygens (including phenoxy) is 2. The number of aryl methyl sites for hydroxylation is 2. The standard InChI is InChI=1S/C18H27F2N3O2/c1-5-23(4)11-21-16-10-12(2)17(22-13(16)3)24-14-6-8-15(9-7-14)25-18(19)20/h10-11,14-15,18H,5-9H2,1-4H3. The van der Waals surface area contributed by atoms with Crippen LogP contribution in [0.1, 0.15) is 43.9 Å². The minimum Gasteiger partial charge on any atom is -0.474 e. The van der Waals surface area contributed by atoms with Crippen LogP contribution in [0.15, 0.2) is 11.1 Å². The smallest absolute Gasteiger partial charge is 0.345 e. The monoisotopic (exact) mass is 355 g/mol. The van der Waals surface area contributed by atoms with Crippen molar-refractivity contribution >= 4 is 12.0 Å². The third-order valence-corrected chi connectivity index (χ3v) is 4.42. The van der Waals surface area contributed by atoms with E-state index in [2.05, 4.69) is 21.6 Å². The molecule has 1 aromatic heterocycles. The number of hydrogen-bond donors (Lipinski definition) is 0.